The zero-order chi connectivity index (χ0) is 19.9. The number of thiazole rings is 1. The van der Waals surface area contributed by atoms with Crippen LogP contribution in [0.4, 0.5) is 0 Å². The molecule has 0 amide bonds. The second-order valence-electron chi connectivity index (χ2n) is 6.83. The first kappa shape index (κ1) is 23.6. The molecule has 1 saturated heterocycles. The first-order valence-corrected chi connectivity index (χ1v) is 10.6. The Kier molecular flexibility index (Phi) is 9.35. The first-order chi connectivity index (χ1) is 13.6. The average molecular weight is 528 g/mol. The summed E-state index contributed by atoms with van der Waals surface area (Å²) < 4.78 is 5.20. The Labute approximate surface area is 193 Å². The lowest BCUT2D eigenvalue weighted by molar-refractivity contribution is -0.149. The van der Waals surface area contributed by atoms with E-state index in [2.05, 4.69) is 27.3 Å². The molecule has 0 spiro atoms. The topological polar surface area (TPSA) is 66.8 Å². The van der Waals surface area contributed by atoms with Crippen LogP contribution in [0, 0.1) is 12.8 Å². The molecule has 1 atom stereocenters. The molecule has 1 fully saturated rings. The zero-order valence-corrected chi connectivity index (χ0v) is 20.3. The third-order valence-electron chi connectivity index (χ3n) is 4.87. The van der Waals surface area contributed by atoms with Gasteiger partial charge in [-0.1, -0.05) is 30.3 Å². The highest BCUT2D eigenvalue weighted by Gasteiger charge is 2.28. The predicted octanol–water partition coefficient (Wildman–Crippen LogP) is 4.09. The molecule has 0 aliphatic carbocycles. The van der Waals surface area contributed by atoms with E-state index in [-0.39, 0.29) is 35.9 Å². The van der Waals surface area contributed by atoms with E-state index in [0.29, 0.717) is 19.7 Å². The van der Waals surface area contributed by atoms with Gasteiger partial charge in [-0.05, 0) is 26.7 Å². The van der Waals surface area contributed by atoms with Gasteiger partial charge in [0.1, 0.15) is 5.01 Å². The van der Waals surface area contributed by atoms with Crippen LogP contribution >= 0.6 is 35.3 Å². The van der Waals surface area contributed by atoms with Crippen molar-refractivity contribution in [3.63, 3.8) is 0 Å². The Morgan fingerprint density at radius 2 is 2.14 bits per heavy atom. The number of carbonyl (C=O) groups is 1. The van der Waals surface area contributed by atoms with E-state index in [0.717, 1.165) is 41.6 Å². The molecular formula is C21H29IN4O2S. The molecule has 2 aromatic rings. The highest BCUT2D eigenvalue weighted by molar-refractivity contribution is 14.0. The van der Waals surface area contributed by atoms with Crippen molar-refractivity contribution < 1.29 is 9.53 Å². The molecule has 1 N–H and O–H groups in total. The summed E-state index contributed by atoms with van der Waals surface area (Å²) in [7, 11) is 1.78. The molecular weight excluding hydrogens is 499 g/mol. The number of nitrogens with one attached hydrogen (secondary N) is 1. The van der Waals surface area contributed by atoms with Gasteiger partial charge in [0.15, 0.2) is 5.96 Å². The zero-order valence-electron chi connectivity index (χ0n) is 17.2. The van der Waals surface area contributed by atoms with Crippen LogP contribution in [0.3, 0.4) is 0 Å². The molecule has 2 heterocycles. The van der Waals surface area contributed by atoms with Crippen LogP contribution in [0.1, 0.15) is 30.3 Å². The number of hydrogen-bond acceptors (Lipinski definition) is 5. The van der Waals surface area contributed by atoms with Crippen molar-refractivity contribution in [3.05, 3.63) is 40.9 Å². The van der Waals surface area contributed by atoms with Crippen molar-refractivity contribution >= 4 is 47.2 Å². The van der Waals surface area contributed by atoms with Crippen LogP contribution in [0.25, 0.3) is 10.6 Å². The van der Waals surface area contributed by atoms with Gasteiger partial charge in [-0.15, -0.1) is 35.3 Å². The van der Waals surface area contributed by atoms with Crippen LogP contribution in [0.2, 0.25) is 0 Å². The van der Waals surface area contributed by atoms with Gasteiger partial charge in [0.2, 0.25) is 0 Å². The fraction of sp³-hybridized carbons (Fsp3) is 0.476. The molecule has 3 rings (SSSR count). The van der Waals surface area contributed by atoms with Gasteiger partial charge in [0, 0.05) is 30.6 Å². The summed E-state index contributed by atoms with van der Waals surface area (Å²) >= 11 is 1.70. The Morgan fingerprint density at radius 1 is 1.38 bits per heavy atom. The smallest absolute Gasteiger partial charge is 0.310 e. The molecule has 0 saturated carbocycles. The lowest BCUT2D eigenvalue weighted by Gasteiger charge is -2.33. The third-order valence-corrected chi connectivity index (χ3v) is 6.08. The largest absolute Gasteiger partial charge is 0.466 e. The Morgan fingerprint density at radius 3 is 2.83 bits per heavy atom. The Bertz CT molecular complexity index is 825. The molecule has 1 aromatic carbocycles. The van der Waals surface area contributed by atoms with E-state index in [1.54, 1.807) is 18.4 Å². The minimum atomic E-state index is -0.103. The molecule has 29 heavy (non-hydrogen) atoms. The van der Waals surface area contributed by atoms with Crippen LogP contribution in [-0.2, 0) is 16.1 Å². The summed E-state index contributed by atoms with van der Waals surface area (Å²) in [5.41, 5.74) is 2.18. The van der Waals surface area contributed by atoms with E-state index in [1.165, 1.54) is 4.88 Å². The molecule has 1 aliphatic heterocycles. The maximum atomic E-state index is 12.1. The van der Waals surface area contributed by atoms with E-state index in [4.69, 9.17) is 9.72 Å². The highest BCUT2D eigenvalue weighted by Crippen LogP contribution is 2.27. The van der Waals surface area contributed by atoms with Gasteiger partial charge in [-0.2, -0.15) is 0 Å². The fourth-order valence-electron chi connectivity index (χ4n) is 3.41. The van der Waals surface area contributed by atoms with Crippen molar-refractivity contribution in [1.29, 1.82) is 0 Å². The number of rotatable bonds is 5. The maximum absolute atomic E-state index is 12.1. The van der Waals surface area contributed by atoms with E-state index in [1.807, 2.05) is 32.0 Å². The second-order valence-corrected chi connectivity index (χ2v) is 7.92. The number of piperidine rings is 1. The Hall–Kier alpha value is -1.68. The third kappa shape index (κ3) is 6.15. The van der Waals surface area contributed by atoms with Crippen molar-refractivity contribution in [2.24, 2.45) is 10.9 Å². The molecule has 1 aliphatic rings. The number of esters is 1. The summed E-state index contributed by atoms with van der Waals surface area (Å²) in [6.45, 7) is 6.53. The van der Waals surface area contributed by atoms with E-state index >= 15 is 0 Å². The number of carbonyl (C=O) groups excluding carboxylic acids is 1. The molecule has 8 heteroatoms. The molecule has 0 bridgehead atoms. The van der Waals surface area contributed by atoms with Gasteiger partial charge in [-0.3, -0.25) is 9.79 Å². The molecule has 1 unspecified atom stereocenters. The number of guanidine groups is 1. The summed E-state index contributed by atoms with van der Waals surface area (Å²) in [4.78, 5) is 24.6. The normalized spacial score (nSPS) is 16.9. The number of aliphatic imine (C=N–C) groups is 1. The number of nitrogens with zero attached hydrogens (tertiary/aromatic N) is 3. The van der Waals surface area contributed by atoms with Gasteiger partial charge in [-0.25, -0.2) is 4.98 Å². The van der Waals surface area contributed by atoms with Crippen LogP contribution in [0.15, 0.2) is 35.3 Å². The van der Waals surface area contributed by atoms with Gasteiger partial charge >= 0.3 is 5.97 Å². The van der Waals surface area contributed by atoms with Crippen LogP contribution < -0.4 is 5.32 Å². The minimum absolute atomic E-state index is 0. The fourth-order valence-corrected chi connectivity index (χ4v) is 4.42. The molecule has 158 valence electrons. The monoisotopic (exact) mass is 528 g/mol. The first-order valence-electron chi connectivity index (χ1n) is 9.76. The number of aromatic nitrogens is 1. The van der Waals surface area contributed by atoms with Crippen LogP contribution in [0.5, 0.6) is 0 Å². The number of likely N-dealkylation sites (tertiary alicyclic amines) is 1. The van der Waals surface area contributed by atoms with E-state index < -0.39 is 0 Å². The van der Waals surface area contributed by atoms with Gasteiger partial charge in [0.25, 0.3) is 0 Å². The second kappa shape index (κ2) is 11.5. The Balaban J connectivity index is 0.00000300. The summed E-state index contributed by atoms with van der Waals surface area (Å²) in [5, 5.41) is 4.48. The number of ether oxygens (including phenoxy) is 1. The summed E-state index contributed by atoms with van der Waals surface area (Å²) in [6.07, 6.45) is 1.84. The number of halogens is 1. The average Bonchev–Trinajstić information content (AvgIpc) is 3.10. The quantitative estimate of drug-likeness (QED) is 0.274. The number of aryl methyl sites for hydroxylation is 1. The van der Waals surface area contributed by atoms with Crippen molar-refractivity contribution in [2.75, 3.05) is 26.7 Å². The van der Waals surface area contributed by atoms with Gasteiger partial charge < -0.3 is 15.0 Å². The lowest BCUT2D eigenvalue weighted by Crippen LogP contribution is -2.48. The van der Waals surface area contributed by atoms with Crippen molar-refractivity contribution in [2.45, 2.75) is 33.2 Å². The SMILES string of the molecule is CCOC(=O)C1CCCN(C(=NC)NCc2sc(-c3ccccc3)nc2C)C1.I. The predicted molar refractivity (Wildman–Crippen MR) is 129 cm³/mol. The van der Waals surface area contributed by atoms with Gasteiger partial charge in [0.05, 0.1) is 24.8 Å². The molecule has 1 aromatic heterocycles. The lowest BCUT2D eigenvalue weighted by atomic mass is 9.98. The standard InChI is InChI=1S/C21H28N4O2S.HI/c1-4-27-20(26)17-11-8-12-25(14-17)21(22-3)23-13-18-15(2)24-19(28-18)16-9-6-5-7-10-16;/h5-7,9-10,17H,4,8,11-14H2,1-3H3,(H,22,23);1H. The molecule has 0 radical (unpaired) electrons. The highest BCUT2D eigenvalue weighted by atomic mass is 127. The van der Waals surface area contributed by atoms with Crippen molar-refractivity contribution in [3.8, 4) is 10.6 Å². The summed E-state index contributed by atoms with van der Waals surface area (Å²) in [5.74, 6) is 0.638. The van der Waals surface area contributed by atoms with E-state index in [9.17, 15) is 4.79 Å². The van der Waals surface area contributed by atoms with Crippen molar-refractivity contribution in [1.82, 2.24) is 15.2 Å². The summed E-state index contributed by atoms with van der Waals surface area (Å²) in [6, 6.07) is 10.2. The molecule has 6 nitrogen and oxygen atoms in total. The van der Waals surface area contributed by atoms with Crippen LogP contribution in [-0.4, -0.2) is 48.6 Å². The number of benzene rings is 1. The maximum Gasteiger partial charge on any atom is 0.310 e. The minimum Gasteiger partial charge on any atom is -0.466 e. The number of hydrogen-bond donors (Lipinski definition) is 1.